The predicted molar refractivity (Wildman–Crippen MR) is 109 cm³/mol. The Balaban J connectivity index is 1.71. The minimum atomic E-state index is -0.898. The molecule has 0 bridgehead atoms. The number of hydrogen-bond acceptors (Lipinski definition) is 7. The molecule has 1 aliphatic carbocycles. The van der Waals surface area contributed by atoms with E-state index in [9.17, 15) is 25.0 Å². The molecule has 30 heavy (non-hydrogen) atoms. The summed E-state index contributed by atoms with van der Waals surface area (Å²) in [6, 6.07) is 6.28. The third-order valence-electron chi connectivity index (χ3n) is 5.92. The van der Waals surface area contributed by atoms with E-state index in [1.807, 2.05) is 4.90 Å². The Bertz CT molecular complexity index is 865. The Hall–Kier alpha value is -3.15. The number of nitrogens with zero attached hydrogens (tertiary/aromatic N) is 3. The second kappa shape index (κ2) is 9.11. The fourth-order valence-electron chi connectivity index (χ4n) is 4.08. The van der Waals surface area contributed by atoms with Gasteiger partial charge in [-0.2, -0.15) is 5.26 Å². The van der Waals surface area contributed by atoms with Crippen LogP contribution in [0.2, 0.25) is 0 Å². The third kappa shape index (κ3) is 4.87. The number of nitro groups is 1. The SMILES string of the molecule is CC1CCN(c2ccc([N+](=O)[O-])cc2C(=O)OCC(=O)NC2(C#N)CCCC2)CC1. The highest BCUT2D eigenvalue weighted by Crippen LogP contribution is 2.30. The molecule has 0 atom stereocenters. The number of piperidine rings is 1. The highest BCUT2D eigenvalue weighted by atomic mass is 16.6. The normalized spacial score (nSPS) is 18.5. The lowest BCUT2D eigenvalue weighted by atomic mass is 9.98. The van der Waals surface area contributed by atoms with Crippen molar-refractivity contribution in [3.05, 3.63) is 33.9 Å². The van der Waals surface area contributed by atoms with E-state index in [-0.39, 0.29) is 11.3 Å². The van der Waals surface area contributed by atoms with Gasteiger partial charge in [0.2, 0.25) is 0 Å². The van der Waals surface area contributed by atoms with Crippen LogP contribution in [0.1, 0.15) is 55.8 Å². The molecule has 1 saturated carbocycles. The number of nitrogens with one attached hydrogen (secondary N) is 1. The zero-order valence-electron chi connectivity index (χ0n) is 17.1. The molecule has 1 amide bonds. The van der Waals surface area contributed by atoms with Crippen LogP contribution in [-0.2, 0) is 9.53 Å². The predicted octanol–water partition coefficient (Wildman–Crippen LogP) is 2.94. The van der Waals surface area contributed by atoms with Gasteiger partial charge in [-0.25, -0.2) is 4.79 Å². The van der Waals surface area contributed by atoms with E-state index in [0.717, 1.165) is 38.8 Å². The Labute approximate surface area is 175 Å². The average molecular weight is 414 g/mol. The molecule has 1 saturated heterocycles. The maximum atomic E-state index is 12.7. The van der Waals surface area contributed by atoms with Gasteiger partial charge in [0.25, 0.3) is 11.6 Å². The zero-order chi connectivity index (χ0) is 21.7. The Morgan fingerprint density at radius 3 is 2.60 bits per heavy atom. The molecule has 9 heteroatoms. The van der Waals surface area contributed by atoms with E-state index >= 15 is 0 Å². The Kier molecular flexibility index (Phi) is 6.55. The number of amides is 1. The minimum absolute atomic E-state index is 0.0717. The summed E-state index contributed by atoms with van der Waals surface area (Å²) in [5.74, 6) is -0.757. The van der Waals surface area contributed by atoms with Gasteiger partial charge < -0.3 is 15.0 Å². The van der Waals surface area contributed by atoms with Gasteiger partial charge in [-0.3, -0.25) is 14.9 Å². The molecular formula is C21H26N4O5. The van der Waals surface area contributed by atoms with Crippen LogP contribution in [0.25, 0.3) is 0 Å². The summed E-state index contributed by atoms with van der Waals surface area (Å²) in [5, 5.41) is 23.2. The molecule has 1 N–H and O–H groups in total. The Morgan fingerprint density at radius 1 is 1.33 bits per heavy atom. The lowest BCUT2D eigenvalue weighted by molar-refractivity contribution is -0.384. The Morgan fingerprint density at radius 2 is 2.00 bits per heavy atom. The molecular weight excluding hydrogens is 388 g/mol. The molecule has 1 heterocycles. The van der Waals surface area contributed by atoms with Crippen molar-refractivity contribution in [3.63, 3.8) is 0 Å². The number of ether oxygens (including phenoxy) is 1. The lowest BCUT2D eigenvalue weighted by Gasteiger charge is -2.33. The fraction of sp³-hybridized carbons (Fsp3) is 0.571. The van der Waals surface area contributed by atoms with Crippen molar-refractivity contribution in [1.82, 2.24) is 5.32 Å². The molecule has 9 nitrogen and oxygen atoms in total. The summed E-state index contributed by atoms with van der Waals surface area (Å²) in [5.41, 5.74) is -0.468. The number of nitro benzene ring substituents is 1. The fourth-order valence-corrected chi connectivity index (χ4v) is 4.08. The van der Waals surface area contributed by atoms with Gasteiger partial charge in [-0.15, -0.1) is 0 Å². The van der Waals surface area contributed by atoms with E-state index in [4.69, 9.17) is 4.74 Å². The summed E-state index contributed by atoms with van der Waals surface area (Å²) in [6.45, 7) is 3.11. The maximum Gasteiger partial charge on any atom is 0.341 e. The van der Waals surface area contributed by atoms with Crippen molar-refractivity contribution < 1.29 is 19.2 Å². The van der Waals surface area contributed by atoms with Gasteiger partial charge in [-0.05, 0) is 50.5 Å². The largest absolute Gasteiger partial charge is 0.452 e. The highest BCUT2D eigenvalue weighted by molar-refractivity contribution is 5.97. The van der Waals surface area contributed by atoms with Crippen LogP contribution in [0.5, 0.6) is 0 Å². The minimum Gasteiger partial charge on any atom is -0.452 e. The summed E-state index contributed by atoms with van der Waals surface area (Å²) in [4.78, 5) is 37.6. The summed E-state index contributed by atoms with van der Waals surface area (Å²) in [6.07, 6.45) is 4.80. The van der Waals surface area contributed by atoms with E-state index in [2.05, 4.69) is 18.3 Å². The summed E-state index contributed by atoms with van der Waals surface area (Å²) < 4.78 is 5.17. The smallest absolute Gasteiger partial charge is 0.341 e. The monoisotopic (exact) mass is 414 g/mol. The van der Waals surface area contributed by atoms with Crippen LogP contribution < -0.4 is 10.2 Å². The number of anilines is 1. The van der Waals surface area contributed by atoms with Crippen molar-refractivity contribution >= 4 is 23.3 Å². The molecule has 3 rings (SSSR count). The number of nitriles is 1. The topological polar surface area (TPSA) is 126 Å². The van der Waals surface area contributed by atoms with Crippen LogP contribution >= 0.6 is 0 Å². The number of benzene rings is 1. The van der Waals surface area contributed by atoms with Gasteiger partial charge in [0.1, 0.15) is 5.54 Å². The van der Waals surface area contributed by atoms with E-state index in [0.29, 0.717) is 24.4 Å². The van der Waals surface area contributed by atoms with Crippen LogP contribution in [0.3, 0.4) is 0 Å². The first-order chi connectivity index (χ1) is 14.3. The first kappa shape index (κ1) is 21.6. The van der Waals surface area contributed by atoms with Crippen LogP contribution in [0.4, 0.5) is 11.4 Å². The van der Waals surface area contributed by atoms with Gasteiger partial charge in [-0.1, -0.05) is 6.92 Å². The van der Waals surface area contributed by atoms with Crippen molar-refractivity contribution in [2.45, 2.75) is 51.0 Å². The molecule has 2 fully saturated rings. The van der Waals surface area contributed by atoms with Crippen molar-refractivity contribution in [3.8, 4) is 6.07 Å². The third-order valence-corrected chi connectivity index (χ3v) is 5.92. The number of hydrogen-bond donors (Lipinski definition) is 1. The molecule has 1 aromatic carbocycles. The molecule has 0 radical (unpaired) electrons. The second-order valence-corrected chi connectivity index (χ2v) is 8.15. The van der Waals surface area contributed by atoms with Crippen LogP contribution in [0.15, 0.2) is 18.2 Å². The van der Waals surface area contributed by atoms with Crippen LogP contribution in [0, 0.1) is 27.4 Å². The summed E-state index contributed by atoms with van der Waals surface area (Å²) >= 11 is 0. The standard InChI is InChI=1S/C21H26N4O5/c1-15-6-10-24(11-7-15)18-5-4-16(25(28)29)12-17(18)20(27)30-13-19(26)23-21(14-22)8-2-3-9-21/h4-5,12,15H,2-3,6-11,13H2,1H3,(H,23,26). The molecule has 1 aliphatic heterocycles. The molecule has 0 aromatic heterocycles. The first-order valence-electron chi connectivity index (χ1n) is 10.3. The average Bonchev–Trinajstić information content (AvgIpc) is 3.21. The molecule has 0 unspecified atom stereocenters. The zero-order valence-corrected chi connectivity index (χ0v) is 17.1. The number of rotatable bonds is 6. The van der Waals surface area contributed by atoms with Crippen molar-refractivity contribution in [2.24, 2.45) is 5.92 Å². The molecule has 0 spiro atoms. The van der Waals surface area contributed by atoms with Crippen molar-refractivity contribution in [1.29, 1.82) is 5.26 Å². The van der Waals surface area contributed by atoms with Gasteiger partial charge in [0, 0.05) is 25.2 Å². The molecule has 2 aliphatic rings. The van der Waals surface area contributed by atoms with Crippen molar-refractivity contribution in [2.75, 3.05) is 24.6 Å². The number of esters is 1. The first-order valence-corrected chi connectivity index (χ1v) is 10.3. The maximum absolute atomic E-state index is 12.7. The summed E-state index contributed by atoms with van der Waals surface area (Å²) in [7, 11) is 0. The highest BCUT2D eigenvalue weighted by Gasteiger charge is 2.35. The number of carbonyl (C=O) groups is 2. The lowest BCUT2D eigenvalue weighted by Crippen LogP contribution is -2.46. The quantitative estimate of drug-likeness (QED) is 0.431. The van der Waals surface area contributed by atoms with Crippen LogP contribution in [-0.4, -0.2) is 42.0 Å². The van der Waals surface area contributed by atoms with E-state index < -0.39 is 28.9 Å². The van der Waals surface area contributed by atoms with Gasteiger partial charge >= 0.3 is 5.97 Å². The number of carbonyl (C=O) groups excluding carboxylic acids is 2. The number of non-ortho nitro benzene ring substituents is 1. The van der Waals surface area contributed by atoms with Gasteiger partial charge in [0.05, 0.1) is 22.2 Å². The van der Waals surface area contributed by atoms with E-state index in [1.165, 1.54) is 12.1 Å². The molecule has 1 aromatic rings. The van der Waals surface area contributed by atoms with E-state index in [1.54, 1.807) is 6.07 Å². The molecule has 160 valence electrons. The van der Waals surface area contributed by atoms with Gasteiger partial charge in [0.15, 0.2) is 6.61 Å². The second-order valence-electron chi connectivity index (χ2n) is 8.15.